The van der Waals surface area contributed by atoms with Crippen LogP contribution in [0, 0.1) is 6.92 Å². The van der Waals surface area contributed by atoms with Gasteiger partial charge in [0.15, 0.2) is 0 Å². The third-order valence-electron chi connectivity index (χ3n) is 5.43. The molecule has 0 bridgehead atoms. The minimum Gasteiger partial charge on any atom is -0.473 e. The maximum absolute atomic E-state index is 11.0. The van der Waals surface area contributed by atoms with Gasteiger partial charge in [-0.05, 0) is 37.2 Å². The third kappa shape index (κ3) is 4.64. The number of pyridine rings is 1. The second-order valence-electron chi connectivity index (χ2n) is 7.64. The third-order valence-corrected chi connectivity index (χ3v) is 5.43. The molecule has 2 N–H and O–H groups in total. The standard InChI is InChI=1S/C25H26N4O2/c1-17-13-20-5-3-4-6-23(20)28-24(17)19-9-7-18(8-10-19)16-31-25-22(15-27-29-25)21(11-12-30)14-26-2/h3-10,12-13,15,21,26H,11,14,16H2,1-2H3,(H,27,29). The summed E-state index contributed by atoms with van der Waals surface area (Å²) < 4.78 is 5.99. The number of ether oxygens (including phenoxy) is 1. The van der Waals surface area contributed by atoms with E-state index >= 15 is 0 Å². The quantitative estimate of drug-likeness (QED) is 0.397. The number of benzene rings is 2. The van der Waals surface area contributed by atoms with E-state index in [4.69, 9.17) is 9.72 Å². The van der Waals surface area contributed by atoms with Gasteiger partial charge in [-0.25, -0.2) is 10.1 Å². The lowest BCUT2D eigenvalue weighted by Gasteiger charge is -2.14. The summed E-state index contributed by atoms with van der Waals surface area (Å²) in [6.07, 6.45) is 3.09. The van der Waals surface area contributed by atoms with Crippen molar-refractivity contribution in [1.82, 2.24) is 20.5 Å². The number of nitrogens with one attached hydrogen (secondary N) is 2. The number of rotatable bonds is 9. The second-order valence-corrected chi connectivity index (χ2v) is 7.64. The van der Waals surface area contributed by atoms with E-state index in [2.05, 4.69) is 58.8 Å². The van der Waals surface area contributed by atoms with Gasteiger partial charge in [-0.3, -0.25) is 0 Å². The van der Waals surface area contributed by atoms with Crippen molar-refractivity contribution in [2.75, 3.05) is 13.6 Å². The number of hydrogen-bond donors (Lipinski definition) is 2. The van der Waals surface area contributed by atoms with Crippen LogP contribution in [0.2, 0.25) is 0 Å². The summed E-state index contributed by atoms with van der Waals surface area (Å²) in [4.78, 5) is 15.9. The van der Waals surface area contributed by atoms with Crippen LogP contribution in [-0.4, -0.2) is 35.1 Å². The minimum absolute atomic E-state index is 0.0283. The fourth-order valence-corrected chi connectivity index (χ4v) is 3.80. The highest BCUT2D eigenvalue weighted by Crippen LogP contribution is 2.28. The SMILES string of the molecule is CNCC(CC=O)c1cn[nH]c1OCc1ccc(-c2nc3ccccc3cc2C)cc1. The molecule has 0 fully saturated rings. The molecule has 2 aromatic carbocycles. The number of nitrogens with zero attached hydrogens (tertiary/aromatic N) is 2. The first-order valence-corrected chi connectivity index (χ1v) is 10.4. The molecule has 158 valence electrons. The van der Waals surface area contributed by atoms with Gasteiger partial charge in [0.1, 0.15) is 12.9 Å². The summed E-state index contributed by atoms with van der Waals surface area (Å²) in [5, 5.41) is 11.3. The first-order chi connectivity index (χ1) is 15.2. The van der Waals surface area contributed by atoms with Gasteiger partial charge < -0.3 is 14.8 Å². The van der Waals surface area contributed by atoms with Gasteiger partial charge in [0.05, 0.1) is 17.4 Å². The number of hydrogen-bond acceptors (Lipinski definition) is 5. The lowest BCUT2D eigenvalue weighted by Crippen LogP contribution is -2.18. The fraction of sp³-hybridized carbons (Fsp3) is 0.240. The Balaban J connectivity index is 1.49. The normalized spacial score (nSPS) is 12.1. The number of fused-ring (bicyclic) bond motifs is 1. The predicted octanol–water partition coefficient (Wildman–Crippen LogP) is 4.40. The van der Waals surface area contributed by atoms with Crippen molar-refractivity contribution in [3.05, 3.63) is 77.5 Å². The van der Waals surface area contributed by atoms with Crippen LogP contribution in [0.5, 0.6) is 5.88 Å². The fourth-order valence-electron chi connectivity index (χ4n) is 3.80. The average molecular weight is 415 g/mol. The molecule has 31 heavy (non-hydrogen) atoms. The van der Waals surface area contributed by atoms with Crippen molar-refractivity contribution in [1.29, 1.82) is 0 Å². The molecular weight excluding hydrogens is 388 g/mol. The van der Waals surface area contributed by atoms with Crippen molar-refractivity contribution >= 4 is 17.2 Å². The topological polar surface area (TPSA) is 79.9 Å². The zero-order valence-corrected chi connectivity index (χ0v) is 17.8. The number of aldehydes is 1. The molecule has 0 saturated carbocycles. The Morgan fingerprint density at radius 3 is 2.74 bits per heavy atom. The Bertz CT molecular complexity index is 1170. The molecule has 2 aromatic heterocycles. The van der Waals surface area contributed by atoms with Crippen molar-refractivity contribution in [3.63, 3.8) is 0 Å². The van der Waals surface area contributed by atoms with E-state index in [9.17, 15) is 4.79 Å². The summed E-state index contributed by atoms with van der Waals surface area (Å²) in [6.45, 7) is 3.18. The van der Waals surface area contributed by atoms with E-state index < -0.39 is 0 Å². The molecule has 0 radical (unpaired) electrons. The van der Waals surface area contributed by atoms with Crippen LogP contribution in [0.3, 0.4) is 0 Å². The Hall–Kier alpha value is -3.51. The van der Waals surface area contributed by atoms with Gasteiger partial charge in [-0.1, -0.05) is 42.5 Å². The zero-order valence-electron chi connectivity index (χ0n) is 17.8. The highest BCUT2D eigenvalue weighted by molar-refractivity contribution is 5.83. The smallest absolute Gasteiger partial charge is 0.213 e. The maximum Gasteiger partial charge on any atom is 0.213 e. The van der Waals surface area contributed by atoms with E-state index in [1.165, 1.54) is 0 Å². The first-order valence-electron chi connectivity index (χ1n) is 10.4. The Morgan fingerprint density at radius 2 is 1.97 bits per heavy atom. The van der Waals surface area contributed by atoms with Crippen molar-refractivity contribution in [2.45, 2.75) is 25.9 Å². The highest BCUT2D eigenvalue weighted by Gasteiger charge is 2.18. The van der Waals surface area contributed by atoms with Gasteiger partial charge in [-0.15, -0.1) is 0 Å². The summed E-state index contributed by atoms with van der Waals surface area (Å²) in [6, 6.07) is 18.6. The molecule has 0 aliphatic carbocycles. The zero-order chi connectivity index (χ0) is 21.6. The monoisotopic (exact) mass is 414 g/mol. The van der Waals surface area contributed by atoms with Gasteiger partial charge in [0.25, 0.3) is 0 Å². The minimum atomic E-state index is 0.0283. The van der Waals surface area contributed by atoms with E-state index in [1.807, 2.05) is 25.2 Å². The van der Waals surface area contributed by atoms with Crippen molar-refractivity contribution in [3.8, 4) is 17.1 Å². The van der Waals surface area contributed by atoms with Crippen LogP contribution in [0.4, 0.5) is 0 Å². The van der Waals surface area contributed by atoms with E-state index in [0.717, 1.165) is 45.1 Å². The molecular formula is C25H26N4O2. The van der Waals surface area contributed by atoms with Crippen LogP contribution < -0.4 is 10.1 Å². The first kappa shape index (κ1) is 20.8. The molecule has 4 rings (SSSR count). The van der Waals surface area contributed by atoms with Gasteiger partial charge in [0.2, 0.25) is 5.88 Å². The molecule has 0 aliphatic heterocycles. The molecule has 1 unspecified atom stereocenters. The van der Waals surface area contributed by atoms with Crippen LogP contribution >= 0.6 is 0 Å². The lowest BCUT2D eigenvalue weighted by atomic mass is 9.99. The maximum atomic E-state index is 11.0. The Kier molecular flexibility index (Phi) is 6.38. The van der Waals surface area contributed by atoms with Crippen LogP contribution in [0.25, 0.3) is 22.2 Å². The molecule has 0 spiro atoms. The number of H-pyrrole nitrogens is 1. The van der Waals surface area contributed by atoms with E-state index in [-0.39, 0.29) is 5.92 Å². The summed E-state index contributed by atoms with van der Waals surface area (Å²) >= 11 is 0. The molecule has 4 aromatic rings. The predicted molar refractivity (Wildman–Crippen MR) is 122 cm³/mol. The molecule has 6 nitrogen and oxygen atoms in total. The Labute approximate surface area is 181 Å². The van der Waals surface area contributed by atoms with Crippen molar-refractivity contribution in [2.24, 2.45) is 0 Å². The van der Waals surface area contributed by atoms with Gasteiger partial charge in [0, 0.05) is 35.4 Å². The second kappa shape index (κ2) is 9.53. The van der Waals surface area contributed by atoms with Crippen LogP contribution in [-0.2, 0) is 11.4 Å². The molecule has 0 amide bonds. The number of likely N-dealkylation sites (N-methyl/N-ethyl adjacent to an activating group) is 1. The molecule has 0 aliphatic rings. The molecule has 2 heterocycles. The van der Waals surface area contributed by atoms with Crippen LogP contribution in [0.1, 0.15) is 29.0 Å². The number of aromatic amines is 1. The molecule has 6 heteroatoms. The van der Waals surface area contributed by atoms with Crippen LogP contribution in [0.15, 0.2) is 60.8 Å². The molecule has 0 saturated heterocycles. The lowest BCUT2D eigenvalue weighted by molar-refractivity contribution is -0.108. The Morgan fingerprint density at radius 1 is 1.16 bits per heavy atom. The number of carbonyl (C=O) groups is 1. The molecule has 1 atom stereocenters. The number of aromatic nitrogens is 3. The summed E-state index contributed by atoms with van der Waals surface area (Å²) in [7, 11) is 1.87. The highest BCUT2D eigenvalue weighted by atomic mass is 16.5. The van der Waals surface area contributed by atoms with Gasteiger partial charge >= 0.3 is 0 Å². The van der Waals surface area contributed by atoms with Crippen molar-refractivity contribution < 1.29 is 9.53 Å². The number of carbonyl (C=O) groups excluding carboxylic acids is 1. The summed E-state index contributed by atoms with van der Waals surface area (Å²) in [5.41, 5.74) is 6.17. The largest absolute Gasteiger partial charge is 0.473 e. The van der Waals surface area contributed by atoms with Gasteiger partial charge in [-0.2, -0.15) is 5.10 Å². The number of para-hydroxylation sites is 1. The summed E-state index contributed by atoms with van der Waals surface area (Å²) in [5.74, 6) is 0.638. The van der Waals surface area contributed by atoms with E-state index in [1.54, 1.807) is 6.20 Å². The van der Waals surface area contributed by atoms with E-state index in [0.29, 0.717) is 25.5 Å². The average Bonchev–Trinajstić information content (AvgIpc) is 3.26. The number of aryl methyl sites for hydroxylation is 1.